The minimum atomic E-state index is -3.97. The maximum Gasteiger partial charge on any atom is 0.379 e. The molecule has 0 radical (unpaired) electrons. The minimum Gasteiger partial charge on any atom is -0.481 e. The summed E-state index contributed by atoms with van der Waals surface area (Å²) in [4.78, 5) is 44.1. The lowest BCUT2D eigenvalue weighted by atomic mass is 9.78. The van der Waals surface area contributed by atoms with Crippen molar-refractivity contribution >= 4 is 27.6 Å². The molecule has 0 saturated carbocycles. The van der Waals surface area contributed by atoms with E-state index in [1.807, 2.05) is 0 Å². The molecule has 3 unspecified atom stereocenters. The topological polar surface area (TPSA) is 169 Å². The number of Topliss-reactive ketones (excluding diaryl/α,β-unsaturated/α-hetero) is 1. The highest BCUT2D eigenvalue weighted by Gasteiger charge is 2.50. The first kappa shape index (κ1) is 20.2. The number of hydrogen-bond donors (Lipinski definition) is 2. The van der Waals surface area contributed by atoms with E-state index in [0.717, 1.165) is 25.3 Å². The molecule has 1 rings (SSSR count). The standard InChI is InChI=1S/C14H15NO9S/c1-7(16)10(13(17)18)11(12(14(19)20)15(21)22)8-5-3-4-6-9(8)25(2,23)24/h3-6,10-12H,1-2H3,(H,17,18)(H,19,20). The number of ketones is 1. The van der Waals surface area contributed by atoms with Crippen molar-refractivity contribution in [3.05, 3.63) is 39.9 Å². The van der Waals surface area contributed by atoms with Crippen molar-refractivity contribution in [2.75, 3.05) is 6.26 Å². The Morgan fingerprint density at radius 2 is 1.64 bits per heavy atom. The quantitative estimate of drug-likeness (QED) is 0.367. The second-order valence-electron chi connectivity index (χ2n) is 5.33. The number of aliphatic carboxylic acids is 2. The molecule has 0 spiro atoms. The fourth-order valence-electron chi connectivity index (χ4n) is 2.58. The summed E-state index contributed by atoms with van der Waals surface area (Å²) in [5, 5.41) is 29.7. The number of rotatable bonds is 8. The van der Waals surface area contributed by atoms with Crippen LogP contribution in [0.2, 0.25) is 0 Å². The van der Waals surface area contributed by atoms with Crippen LogP contribution in [0.3, 0.4) is 0 Å². The molecule has 0 fully saturated rings. The SMILES string of the molecule is CC(=O)C(C(=O)O)C(c1ccccc1S(C)(=O)=O)C(C(=O)O)[N+](=O)[O-]. The van der Waals surface area contributed by atoms with Gasteiger partial charge in [-0.05, 0) is 18.6 Å². The Morgan fingerprint density at radius 1 is 1.12 bits per heavy atom. The van der Waals surface area contributed by atoms with E-state index in [1.165, 1.54) is 12.1 Å². The fourth-order valence-corrected chi connectivity index (χ4v) is 3.54. The zero-order chi connectivity index (χ0) is 19.5. The predicted molar refractivity (Wildman–Crippen MR) is 82.5 cm³/mol. The Morgan fingerprint density at radius 3 is 2.00 bits per heavy atom. The Labute approximate surface area is 142 Å². The lowest BCUT2D eigenvalue weighted by molar-refractivity contribution is -0.515. The third kappa shape index (κ3) is 4.38. The molecule has 0 amide bonds. The smallest absolute Gasteiger partial charge is 0.379 e. The number of carbonyl (C=O) groups excluding carboxylic acids is 1. The van der Waals surface area contributed by atoms with Crippen molar-refractivity contribution in [3.63, 3.8) is 0 Å². The van der Waals surface area contributed by atoms with Gasteiger partial charge in [0.1, 0.15) is 11.7 Å². The molecule has 0 bridgehead atoms. The van der Waals surface area contributed by atoms with Crippen molar-refractivity contribution in [2.24, 2.45) is 5.92 Å². The average molecular weight is 373 g/mol. The predicted octanol–water partition coefficient (Wildman–Crippen LogP) is 0.193. The van der Waals surface area contributed by atoms with E-state index in [-0.39, 0.29) is 0 Å². The van der Waals surface area contributed by atoms with Crippen LogP contribution in [0.15, 0.2) is 29.2 Å². The summed E-state index contributed by atoms with van der Waals surface area (Å²) < 4.78 is 23.9. The van der Waals surface area contributed by atoms with Gasteiger partial charge in [0, 0.05) is 11.2 Å². The summed E-state index contributed by atoms with van der Waals surface area (Å²) in [6.45, 7) is 0.841. The lowest BCUT2D eigenvalue weighted by Crippen LogP contribution is -2.44. The molecule has 0 aromatic heterocycles. The van der Waals surface area contributed by atoms with Crippen LogP contribution in [0.1, 0.15) is 18.4 Å². The number of benzene rings is 1. The van der Waals surface area contributed by atoms with E-state index in [0.29, 0.717) is 0 Å². The molecule has 136 valence electrons. The number of carboxylic acid groups (broad SMARTS) is 2. The Bertz CT molecular complexity index is 770. The molecule has 0 aliphatic carbocycles. The molecule has 0 aliphatic heterocycles. The van der Waals surface area contributed by atoms with Gasteiger partial charge in [-0.15, -0.1) is 0 Å². The van der Waals surface area contributed by atoms with E-state index < -0.39 is 60.8 Å². The van der Waals surface area contributed by atoms with Crippen molar-refractivity contribution in [3.8, 4) is 0 Å². The van der Waals surface area contributed by atoms with Crippen molar-refractivity contribution in [1.82, 2.24) is 0 Å². The van der Waals surface area contributed by atoms with Crippen LogP contribution >= 0.6 is 0 Å². The summed E-state index contributed by atoms with van der Waals surface area (Å²) in [5.41, 5.74) is -0.406. The normalized spacial score (nSPS) is 15.0. The van der Waals surface area contributed by atoms with E-state index in [1.54, 1.807) is 0 Å². The van der Waals surface area contributed by atoms with Crippen LogP contribution in [-0.4, -0.2) is 53.6 Å². The first-order valence-electron chi connectivity index (χ1n) is 6.78. The molecule has 1 aromatic carbocycles. The number of sulfone groups is 1. The summed E-state index contributed by atoms with van der Waals surface area (Å²) >= 11 is 0. The Kier molecular flexibility index (Phi) is 5.97. The molecule has 0 saturated heterocycles. The molecule has 11 heteroatoms. The third-order valence-electron chi connectivity index (χ3n) is 3.56. The van der Waals surface area contributed by atoms with Gasteiger partial charge in [0.25, 0.3) is 0 Å². The highest BCUT2D eigenvalue weighted by atomic mass is 32.2. The maximum absolute atomic E-state index is 11.9. The molecule has 25 heavy (non-hydrogen) atoms. The maximum atomic E-state index is 11.9. The Balaban J connectivity index is 3.87. The zero-order valence-corrected chi connectivity index (χ0v) is 14.0. The molecule has 2 N–H and O–H groups in total. The summed E-state index contributed by atoms with van der Waals surface area (Å²) in [5.74, 6) is -8.91. The summed E-state index contributed by atoms with van der Waals surface area (Å²) in [6.07, 6.45) is 0.786. The van der Waals surface area contributed by atoms with Crippen LogP contribution in [0.5, 0.6) is 0 Å². The lowest BCUT2D eigenvalue weighted by Gasteiger charge is -2.24. The molecule has 1 aromatic rings. The number of hydrogen-bond acceptors (Lipinski definition) is 7. The summed E-state index contributed by atoms with van der Waals surface area (Å²) in [6, 6.07) is 2.18. The number of carboxylic acids is 2. The van der Waals surface area contributed by atoms with Gasteiger partial charge in [0.2, 0.25) is 0 Å². The van der Waals surface area contributed by atoms with Crippen molar-refractivity contribution < 1.29 is 37.9 Å². The van der Waals surface area contributed by atoms with E-state index >= 15 is 0 Å². The highest BCUT2D eigenvalue weighted by molar-refractivity contribution is 7.90. The Hall–Kier alpha value is -2.82. The molecule has 3 atom stereocenters. The molecular weight excluding hydrogens is 358 g/mol. The van der Waals surface area contributed by atoms with Gasteiger partial charge in [-0.2, -0.15) is 0 Å². The van der Waals surface area contributed by atoms with E-state index in [9.17, 15) is 43.1 Å². The second-order valence-corrected chi connectivity index (χ2v) is 7.31. The number of nitrogens with zero attached hydrogens (tertiary/aromatic N) is 1. The van der Waals surface area contributed by atoms with Crippen LogP contribution in [0.25, 0.3) is 0 Å². The number of carbonyl (C=O) groups is 3. The molecule has 10 nitrogen and oxygen atoms in total. The van der Waals surface area contributed by atoms with Gasteiger partial charge >= 0.3 is 18.0 Å². The van der Waals surface area contributed by atoms with Crippen molar-refractivity contribution in [1.29, 1.82) is 0 Å². The van der Waals surface area contributed by atoms with Gasteiger partial charge < -0.3 is 10.2 Å². The van der Waals surface area contributed by atoms with Crippen LogP contribution < -0.4 is 0 Å². The molecule has 0 aliphatic rings. The van der Waals surface area contributed by atoms with E-state index in [2.05, 4.69) is 0 Å². The monoisotopic (exact) mass is 373 g/mol. The minimum absolute atomic E-state index is 0.406. The first-order valence-corrected chi connectivity index (χ1v) is 8.67. The third-order valence-corrected chi connectivity index (χ3v) is 4.73. The van der Waals surface area contributed by atoms with E-state index in [4.69, 9.17) is 0 Å². The first-order chi connectivity index (χ1) is 11.4. The van der Waals surface area contributed by atoms with Crippen molar-refractivity contribution in [2.45, 2.75) is 23.8 Å². The van der Waals surface area contributed by atoms with Gasteiger partial charge in [-0.3, -0.25) is 19.7 Å². The fraction of sp³-hybridized carbons (Fsp3) is 0.357. The molecule has 0 heterocycles. The molecular formula is C14H15NO9S. The zero-order valence-electron chi connectivity index (χ0n) is 13.1. The van der Waals surface area contributed by atoms with Gasteiger partial charge in [0.15, 0.2) is 9.84 Å². The van der Waals surface area contributed by atoms with Gasteiger partial charge in [-0.25, -0.2) is 13.2 Å². The van der Waals surface area contributed by atoms with Crippen LogP contribution in [0, 0.1) is 16.0 Å². The second kappa shape index (κ2) is 7.38. The summed E-state index contributed by atoms with van der Waals surface area (Å²) in [7, 11) is -3.97. The van der Waals surface area contributed by atoms with Gasteiger partial charge in [-0.1, -0.05) is 18.2 Å². The average Bonchev–Trinajstić information content (AvgIpc) is 2.44. The number of nitro groups is 1. The van der Waals surface area contributed by atoms with Crippen LogP contribution in [-0.2, 0) is 24.2 Å². The van der Waals surface area contributed by atoms with Crippen LogP contribution in [0.4, 0.5) is 0 Å². The van der Waals surface area contributed by atoms with Gasteiger partial charge in [0.05, 0.1) is 10.8 Å². The highest BCUT2D eigenvalue weighted by Crippen LogP contribution is 2.35. The largest absolute Gasteiger partial charge is 0.481 e.